The molecule has 1 aromatic carbocycles. The summed E-state index contributed by atoms with van der Waals surface area (Å²) in [5.74, 6) is 3.91. The van der Waals surface area contributed by atoms with Crippen molar-refractivity contribution in [2.45, 2.75) is 89.9 Å². The Bertz CT molecular complexity index is 646. The molecule has 0 aliphatic heterocycles. The zero-order valence-corrected chi connectivity index (χ0v) is 17.1. The molecule has 2 fully saturated rings. The van der Waals surface area contributed by atoms with Crippen molar-refractivity contribution >= 4 is 0 Å². The number of rotatable bonds is 5. The van der Waals surface area contributed by atoms with Gasteiger partial charge in [0.25, 0.3) is 0 Å². The first kappa shape index (κ1) is 19.2. The summed E-state index contributed by atoms with van der Waals surface area (Å²) in [4.78, 5) is 0. The summed E-state index contributed by atoms with van der Waals surface area (Å²) in [7, 11) is 0. The van der Waals surface area contributed by atoms with Crippen LogP contribution in [0, 0.1) is 23.7 Å². The molecule has 0 N–H and O–H groups in total. The van der Waals surface area contributed by atoms with Crippen LogP contribution in [0.25, 0.3) is 0 Å². The monoisotopic (exact) mass is 368 g/mol. The molecule has 5 unspecified atom stereocenters. The second kappa shape index (κ2) is 8.93. The highest BCUT2D eigenvalue weighted by Gasteiger charge is 2.35. The quantitative estimate of drug-likeness (QED) is 0.498. The number of hydrogen-bond donors (Lipinski definition) is 0. The Labute approximate surface area is 165 Å². The largest absolute Gasteiger partial charge is 0.216 e. The van der Waals surface area contributed by atoms with Gasteiger partial charge >= 0.3 is 0 Å². The predicted molar refractivity (Wildman–Crippen MR) is 113 cm³/mol. The number of fused-ring (bicyclic) bond motifs is 2. The van der Waals surface area contributed by atoms with E-state index in [1.807, 2.05) is 0 Å². The zero-order chi connectivity index (χ0) is 18.6. The van der Waals surface area contributed by atoms with Crippen LogP contribution >= 0.6 is 0 Å². The Morgan fingerprint density at radius 3 is 2.70 bits per heavy atom. The van der Waals surface area contributed by atoms with Gasteiger partial charge in [0.05, 0.1) is 6.33 Å². The number of halogens is 1. The molecule has 3 aliphatic carbocycles. The van der Waals surface area contributed by atoms with Crippen molar-refractivity contribution in [2.24, 2.45) is 23.7 Å². The summed E-state index contributed by atoms with van der Waals surface area (Å²) >= 11 is 0. The summed E-state index contributed by atoms with van der Waals surface area (Å²) in [6, 6.07) is 7.51. The highest BCUT2D eigenvalue weighted by Crippen LogP contribution is 2.48. The van der Waals surface area contributed by atoms with Gasteiger partial charge in [-0.15, -0.1) is 0 Å². The molecule has 2 saturated carbocycles. The molecule has 3 aliphatic rings. The molecule has 0 amide bonds. The van der Waals surface area contributed by atoms with E-state index in [2.05, 4.69) is 25.1 Å². The number of hydrogen-bond acceptors (Lipinski definition) is 0. The molecule has 0 bridgehead atoms. The molecule has 5 atom stereocenters. The summed E-state index contributed by atoms with van der Waals surface area (Å²) < 4.78 is 12.5. The van der Waals surface area contributed by atoms with Crippen molar-refractivity contribution < 1.29 is 4.39 Å². The third-order valence-corrected chi connectivity index (χ3v) is 8.00. The van der Waals surface area contributed by atoms with Gasteiger partial charge in [0, 0.05) is 0 Å². The normalized spacial score (nSPS) is 33.6. The van der Waals surface area contributed by atoms with Crippen LogP contribution < -0.4 is 0 Å². The Hall–Kier alpha value is -1.11. The first-order valence-corrected chi connectivity index (χ1v) is 11.6. The van der Waals surface area contributed by atoms with E-state index in [0.717, 1.165) is 30.0 Å². The van der Waals surface area contributed by atoms with Gasteiger partial charge in [-0.25, -0.2) is 4.39 Å². The van der Waals surface area contributed by atoms with Gasteiger partial charge in [-0.3, -0.25) is 0 Å². The van der Waals surface area contributed by atoms with E-state index in [-0.39, 0.29) is 0 Å². The highest BCUT2D eigenvalue weighted by atomic mass is 19.1. The molecule has 0 radical (unpaired) electrons. The summed E-state index contributed by atoms with van der Waals surface area (Å²) in [6.07, 6.45) is 18.5. The average Bonchev–Trinajstić information content (AvgIpc) is 2.71. The van der Waals surface area contributed by atoms with E-state index in [0.29, 0.717) is 5.92 Å². The van der Waals surface area contributed by atoms with Crippen LogP contribution in [0.2, 0.25) is 0 Å². The van der Waals surface area contributed by atoms with Gasteiger partial charge in [-0.2, -0.15) is 0 Å². The van der Waals surface area contributed by atoms with Crippen LogP contribution in [-0.4, -0.2) is 0 Å². The second-order valence-electron chi connectivity index (χ2n) is 9.70. The van der Waals surface area contributed by atoms with E-state index in [1.54, 1.807) is 22.8 Å². The standard InChI is InChI=1S/C26H37F/c1-2-3-4-19-5-7-23-17-25(11-9-21(23)15-19)26-12-10-22-16-20(13-14-27)6-8-24(22)18-26/h9,11,13-14,17,19-20,22,24,26H,2-8,10,12,15-16,18H2,1H3/b14-13+. The number of benzene rings is 1. The molecule has 4 rings (SSSR count). The maximum Gasteiger partial charge on any atom is 0.0829 e. The molecule has 0 saturated heterocycles. The zero-order valence-electron chi connectivity index (χ0n) is 17.1. The van der Waals surface area contributed by atoms with Gasteiger partial charge in [-0.1, -0.05) is 50.5 Å². The third kappa shape index (κ3) is 4.49. The minimum atomic E-state index is 0.497. The fourth-order valence-electron chi connectivity index (χ4n) is 6.35. The fourth-order valence-corrected chi connectivity index (χ4v) is 6.35. The van der Waals surface area contributed by atoms with Gasteiger partial charge in [0.15, 0.2) is 0 Å². The number of allylic oxidation sites excluding steroid dienone is 1. The number of aryl methyl sites for hydroxylation is 1. The van der Waals surface area contributed by atoms with Crippen molar-refractivity contribution in [3.8, 4) is 0 Å². The maximum absolute atomic E-state index is 12.5. The topological polar surface area (TPSA) is 0 Å². The Kier molecular flexibility index (Phi) is 6.35. The smallest absolute Gasteiger partial charge is 0.0829 e. The van der Waals surface area contributed by atoms with Gasteiger partial charge < -0.3 is 0 Å². The van der Waals surface area contributed by atoms with Crippen molar-refractivity contribution in [1.29, 1.82) is 0 Å². The van der Waals surface area contributed by atoms with Crippen LogP contribution in [0.3, 0.4) is 0 Å². The number of unbranched alkanes of at least 4 members (excludes halogenated alkanes) is 1. The lowest BCUT2D eigenvalue weighted by Crippen LogP contribution is -2.30. The average molecular weight is 369 g/mol. The van der Waals surface area contributed by atoms with E-state index in [9.17, 15) is 4.39 Å². The molecule has 0 spiro atoms. The summed E-state index contributed by atoms with van der Waals surface area (Å²) in [5.41, 5.74) is 4.91. The van der Waals surface area contributed by atoms with E-state index in [1.165, 1.54) is 77.0 Å². The lowest BCUT2D eigenvalue weighted by Gasteiger charge is -2.42. The molecular formula is C26H37F. The molecule has 0 heterocycles. The second-order valence-corrected chi connectivity index (χ2v) is 9.70. The Morgan fingerprint density at radius 1 is 1.00 bits per heavy atom. The predicted octanol–water partition coefficient (Wildman–Crippen LogP) is 7.76. The van der Waals surface area contributed by atoms with Crippen molar-refractivity contribution in [2.75, 3.05) is 0 Å². The molecule has 148 valence electrons. The SMILES string of the molecule is CCCCC1CCc2cc(C3CCC4CC(/C=C/F)CCC4C3)ccc2C1. The first-order chi connectivity index (χ1) is 13.3. The van der Waals surface area contributed by atoms with Crippen LogP contribution in [0.5, 0.6) is 0 Å². The minimum Gasteiger partial charge on any atom is -0.216 e. The maximum atomic E-state index is 12.5. The van der Waals surface area contributed by atoms with Crippen LogP contribution in [0.4, 0.5) is 4.39 Å². The van der Waals surface area contributed by atoms with E-state index >= 15 is 0 Å². The Morgan fingerprint density at radius 2 is 1.85 bits per heavy atom. The van der Waals surface area contributed by atoms with Crippen molar-refractivity contribution in [1.82, 2.24) is 0 Å². The van der Waals surface area contributed by atoms with Crippen LogP contribution in [-0.2, 0) is 12.8 Å². The minimum absolute atomic E-state index is 0.497. The Balaban J connectivity index is 1.38. The first-order valence-electron chi connectivity index (χ1n) is 11.6. The molecule has 1 aromatic rings. The molecule has 1 heteroatoms. The summed E-state index contributed by atoms with van der Waals surface area (Å²) in [6.45, 7) is 2.31. The van der Waals surface area contributed by atoms with Gasteiger partial charge in [0.2, 0.25) is 0 Å². The molecule has 0 nitrogen and oxygen atoms in total. The van der Waals surface area contributed by atoms with E-state index in [4.69, 9.17) is 0 Å². The molecular weight excluding hydrogens is 331 g/mol. The lowest BCUT2D eigenvalue weighted by molar-refractivity contribution is 0.133. The van der Waals surface area contributed by atoms with Gasteiger partial charge in [-0.05, 0) is 104 Å². The van der Waals surface area contributed by atoms with Crippen molar-refractivity contribution in [3.63, 3.8) is 0 Å². The molecule has 0 aromatic heterocycles. The summed E-state index contributed by atoms with van der Waals surface area (Å²) in [5, 5.41) is 0. The van der Waals surface area contributed by atoms with Crippen LogP contribution in [0.15, 0.2) is 30.6 Å². The van der Waals surface area contributed by atoms with Crippen LogP contribution in [0.1, 0.15) is 93.7 Å². The highest BCUT2D eigenvalue weighted by molar-refractivity contribution is 5.36. The van der Waals surface area contributed by atoms with E-state index < -0.39 is 0 Å². The fraction of sp³-hybridized carbons (Fsp3) is 0.692. The molecule has 27 heavy (non-hydrogen) atoms. The lowest BCUT2D eigenvalue weighted by atomic mass is 9.63. The van der Waals surface area contributed by atoms with Gasteiger partial charge in [0.1, 0.15) is 0 Å². The third-order valence-electron chi connectivity index (χ3n) is 8.00. The van der Waals surface area contributed by atoms with Crippen molar-refractivity contribution in [3.05, 3.63) is 47.3 Å².